The molecule has 5 nitrogen and oxygen atoms in total. The van der Waals surface area contributed by atoms with Crippen molar-refractivity contribution in [2.75, 3.05) is 18.5 Å². The molecule has 1 aromatic rings. The summed E-state index contributed by atoms with van der Waals surface area (Å²) in [6, 6.07) is 7.11. The van der Waals surface area contributed by atoms with Crippen LogP contribution in [-0.2, 0) is 14.3 Å². The molecule has 0 bridgehead atoms. The van der Waals surface area contributed by atoms with Crippen LogP contribution in [0.25, 0.3) is 0 Å². The van der Waals surface area contributed by atoms with E-state index in [9.17, 15) is 9.59 Å². The highest BCUT2D eigenvalue weighted by Crippen LogP contribution is 2.40. The number of nitrogens with one attached hydrogen (secondary N) is 1. The summed E-state index contributed by atoms with van der Waals surface area (Å²) in [7, 11) is 0. The normalized spacial score (nSPS) is 20.3. The van der Waals surface area contributed by atoms with Gasteiger partial charge in [0.25, 0.3) is 5.91 Å². The van der Waals surface area contributed by atoms with E-state index in [-0.39, 0.29) is 29.8 Å². The highest BCUT2D eigenvalue weighted by atomic mass is 16.5. The van der Waals surface area contributed by atoms with Crippen LogP contribution in [0, 0.1) is 17.3 Å². The first kappa shape index (κ1) is 20.3. The Bertz CT molecular complexity index is 595. The van der Waals surface area contributed by atoms with Gasteiger partial charge in [0.15, 0.2) is 6.61 Å². The molecular weight excluding hydrogens is 330 g/mol. The molecule has 2 rings (SSSR count). The van der Waals surface area contributed by atoms with E-state index in [2.05, 4.69) is 26.1 Å². The van der Waals surface area contributed by atoms with Gasteiger partial charge >= 0.3 is 5.97 Å². The van der Waals surface area contributed by atoms with Crippen LogP contribution < -0.4 is 10.1 Å². The molecule has 1 aromatic carbocycles. The zero-order chi connectivity index (χ0) is 19.2. The van der Waals surface area contributed by atoms with Crippen LogP contribution in [0.5, 0.6) is 5.75 Å². The molecule has 0 atom stereocenters. The van der Waals surface area contributed by atoms with Crippen LogP contribution in [0.15, 0.2) is 24.3 Å². The van der Waals surface area contributed by atoms with E-state index in [0.29, 0.717) is 18.2 Å². The molecule has 0 heterocycles. The van der Waals surface area contributed by atoms with Gasteiger partial charge in [-0.3, -0.25) is 9.59 Å². The molecule has 0 aliphatic heterocycles. The summed E-state index contributed by atoms with van der Waals surface area (Å²) in [5, 5.41) is 2.72. The standard InChI is InChI=1S/C21H31NO4/c1-5-25-18-12-10-17(11-13-18)22-19(23)14-26-20(24)15-6-8-16(9-7-15)21(2,3)4/h10-13,15-16H,5-9,14H2,1-4H3,(H,22,23). The van der Waals surface area contributed by atoms with E-state index in [4.69, 9.17) is 9.47 Å². The maximum Gasteiger partial charge on any atom is 0.309 e. The number of amides is 1. The molecule has 144 valence electrons. The van der Waals surface area contributed by atoms with Crippen molar-refractivity contribution in [3.63, 3.8) is 0 Å². The van der Waals surface area contributed by atoms with Gasteiger partial charge in [-0.1, -0.05) is 20.8 Å². The Labute approximate surface area is 156 Å². The summed E-state index contributed by atoms with van der Waals surface area (Å²) in [5.74, 6) is 0.745. The largest absolute Gasteiger partial charge is 0.494 e. The van der Waals surface area contributed by atoms with Gasteiger partial charge in [-0.05, 0) is 68.2 Å². The lowest BCUT2D eigenvalue weighted by molar-refractivity contribution is -0.153. The topological polar surface area (TPSA) is 64.6 Å². The summed E-state index contributed by atoms with van der Waals surface area (Å²) < 4.78 is 10.6. The van der Waals surface area contributed by atoms with E-state index in [1.54, 1.807) is 24.3 Å². The molecular formula is C21H31NO4. The summed E-state index contributed by atoms with van der Waals surface area (Å²) in [5.41, 5.74) is 0.937. The SMILES string of the molecule is CCOc1ccc(NC(=O)COC(=O)C2CCC(C(C)(C)C)CC2)cc1. The number of anilines is 1. The second-order valence-electron chi connectivity index (χ2n) is 8.03. The van der Waals surface area contributed by atoms with E-state index >= 15 is 0 Å². The Morgan fingerprint density at radius 2 is 1.69 bits per heavy atom. The van der Waals surface area contributed by atoms with Crippen molar-refractivity contribution in [3.05, 3.63) is 24.3 Å². The summed E-state index contributed by atoms with van der Waals surface area (Å²) in [6.07, 6.45) is 3.78. The van der Waals surface area contributed by atoms with E-state index in [1.165, 1.54) is 0 Å². The summed E-state index contributed by atoms with van der Waals surface area (Å²) >= 11 is 0. The first-order valence-corrected chi connectivity index (χ1v) is 9.49. The number of benzene rings is 1. The number of carbonyl (C=O) groups excluding carboxylic acids is 2. The van der Waals surface area contributed by atoms with Gasteiger partial charge in [0.05, 0.1) is 12.5 Å². The molecule has 0 spiro atoms. The predicted octanol–water partition coefficient (Wildman–Crippen LogP) is 4.42. The quantitative estimate of drug-likeness (QED) is 0.762. The zero-order valence-corrected chi connectivity index (χ0v) is 16.3. The minimum Gasteiger partial charge on any atom is -0.494 e. The highest BCUT2D eigenvalue weighted by molar-refractivity contribution is 5.92. The van der Waals surface area contributed by atoms with Crippen LogP contribution in [0.3, 0.4) is 0 Å². The highest BCUT2D eigenvalue weighted by Gasteiger charge is 2.33. The maximum atomic E-state index is 12.2. The van der Waals surface area contributed by atoms with E-state index in [0.717, 1.165) is 31.4 Å². The Morgan fingerprint density at radius 1 is 1.08 bits per heavy atom. The molecule has 26 heavy (non-hydrogen) atoms. The molecule has 1 aliphatic rings. The third-order valence-electron chi connectivity index (χ3n) is 5.08. The third-order valence-corrected chi connectivity index (χ3v) is 5.08. The minimum absolute atomic E-state index is 0.0770. The van der Waals surface area contributed by atoms with Crippen LogP contribution in [0.4, 0.5) is 5.69 Å². The van der Waals surface area contributed by atoms with Crippen LogP contribution >= 0.6 is 0 Å². The molecule has 0 aromatic heterocycles. The first-order chi connectivity index (χ1) is 12.3. The van der Waals surface area contributed by atoms with Crippen molar-refractivity contribution >= 4 is 17.6 Å². The van der Waals surface area contributed by atoms with Gasteiger partial charge in [-0.25, -0.2) is 0 Å². The number of rotatable bonds is 6. The summed E-state index contributed by atoms with van der Waals surface area (Å²) in [4.78, 5) is 24.2. The number of hydrogen-bond acceptors (Lipinski definition) is 4. The van der Waals surface area contributed by atoms with Gasteiger partial charge < -0.3 is 14.8 Å². The first-order valence-electron chi connectivity index (χ1n) is 9.49. The Kier molecular flexibility index (Phi) is 7.06. The molecule has 5 heteroatoms. The lowest BCUT2D eigenvalue weighted by atomic mass is 9.70. The van der Waals surface area contributed by atoms with Crippen LogP contribution in [0.1, 0.15) is 53.4 Å². The van der Waals surface area contributed by atoms with Crippen molar-refractivity contribution in [2.24, 2.45) is 17.3 Å². The van der Waals surface area contributed by atoms with Gasteiger partial charge in [-0.15, -0.1) is 0 Å². The molecule has 1 fully saturated rings. The third kappa shape index (κ3) is 6.04. The average Bonchev–Trinajstić information content (AvgIpc) is 2.61. The lowest BCUT2D eigenvalue weighted by Gasteiger charge is -2.36. The molecule has 1 saturated carbocycles. The second-order valence-corrected chi connectivity index (χ2v) is 8.03. The van der Waals surface area contributed by atoms with Gasteiger partial charge in [0.1, 0.15) is 5.75 Å². The van der Waals surface area contributed by atoms with Crippen molar-refractivity contribution in [1.29, 1.82) is 0 Å². The number of hydrogen-bond donors (Lipinski definition) is 1. The van der Waals surface area contributed by atoms with Crippen LogP contribution in [0.2, 0.25) is 0 Å². The van der Waals surface area contributed by atoms with Crippen molar-refractivity contribution in [3.8, 4) is 5.75 Å². The Morgan fingerprint density at radius 3 is 2.23 bits per heavy atom. The molecule has 1 amide bonds. The molecule has 1 N–H and O–H groups in total. The molecule has 0 unspecified atom stereocenters. The Hall–Kier alpha value is -2.04. The van der Waals surface area contributed by atoms with E-state index in [1.807, 2.05) is 6.92 Å². The lowest BCUT2D eigenvalue weighted by Crippen LogP contribution is -2.31. The molecule has 1 aliphatic carbocycles. The number of esters is 1. The van der Waals surface area contributed by atoms with Gasteiger partial charge in [0.2, 0.25) is 0 Å². The second kappa shape index (κ2) is 9.06. The van der Waals surface area contributed by atoms with Crippen molar-refractivity contribution < 1.29 is 19.1 Å². The number of ether oxygens (including phenoxy) is 2. The number of carbonyl (C=O) groups is 2. The maximum absolute atomic E-state index is 12.2. The minimum atomic E-state index is -0.328. The average molecular weight is 361 g/mol. The fraction of sp³-hybridized carbons (Fsp3) is 0.619. The molecule has 0 radical (unpaired) electrons. The fourth-order valence-corrected chi connectivity index (χ4v) is 3.45. The fourth-order valence-electron chi connectivity index (χ4n) is 3.45. The summed E-state index contributed by atoms with van der Waals surface area (Å²) in [6.45, 7) is 9.02. The van der Waals surface area contributed by atoms with Crippen molar-refractivity contribution in [1.82, 2.24) is 0 Å². The van der Waals surface area contributed by atoms with Gasteiger partial charge in [0, 0.05) is 5.69 Å². The predicted molar refractivity (Wildman–Crippen MR) is 102 cm³/mol. The molecule has 0 saturated heterocycles. The van der Waals surface area contributed by atoms with Crippen LogP contribution in [-0.4, -0.2) is 25.1 Å². The monoisotopic (exact) mass is 361 g/mol. The van der Waals surface area contributed by atoms with E-state index < -0.39 is 0 Å². The smallest absolute Gasteiger partial charge is 0.309 e. The zero-order valence-electron chi connectivity index (χ0n) is 16.3. The van der Waals surface area contributed by atoms with Gasteiger partial charge in [-0.2, -0.15) is 0 Å². The Balaban J connectivity index is 1.72. The van der Waals surface area contributed by atoms with Crippen molar-refractivity contribution in [2.45, 2.75) is 53.4 Å².